The molecule has 0 saturated heterocycles. The molecule has 19 heavy (non-hydrogen) atoms. The minimum atomic E-state index is 0.00136. The van der Waals surface area contributed by atoms with Gasteiger partial charge in [0, 0.05) is 19.4 Å². The molecule has 0 aliphatic rings. The summed E-state index contributed by atoms with van der Waals surface area (Å²) in [5, 5.41) is 4.10. The van der Waals surface area contributed by atoms with Gasteiger partial charge < -0.3 is 10.1 Å². The maximum absolute atomic E-state index is 5.48. The fraction of sp³-hybridized carbons (Fsp3) is 0.364. The van der Waals surface area contributed by atoms with E-state index in [-0.39, 0.29) is 6.10 Å². The van der Waals surface area contributed by atoms with Gasteiger partial charge in [-0.25, -0.2) is 4.98 Å². The first-order valence-corrected chi connectivity index (χ1v) is 6.53. The molecule has 1 N–H and O–H groups in total. The molecule has 7 nitrogen and oxygen atoms in total. The van der Waals surface area contributed by atoms with Crippen LogP contribution in [0.25, 0.3) is 0 Å². The van der Waals surface area contributed by atoms with Gasteiger partial charge in [-0.2, -0.15) is 15.0 Å². The highest BCUT2D eigenvalue weighted by Crippen LogP contribution is 2.23. The van der Waals surface area contributed by atoms with Crippen molar-refractivity contribution >= 4 is 17.7 Å². The van der Waals surface area contributed by atoms with E-state index in [1.807, 2.05) is 13.8 Å². The number of anilines is 1. The van der Waals surface area contributed by atoms with Gasteiger partial charge in [-0.1, -0.05) is 0 Å². The number of nitrogens with zero attached hydrogens (tertiary/aromatic N) is 5. The van der Waals surface area contributed by atoms with Crippen molar-refractivity contribution in [2.75, 3.05) is 12.4 Å². The van der Waals surface area contributed by atoms with Crippen LogP contribution in [0.5, 0.6) is 6.01 Å². The molecule has 0 radical (unpaired) electrons. The van der Waals surface area contributed by atoms with Crippen LogP contribution >= 0.6 is 11.8 Å². The molecule has 2 aromatic rings. The molecule has 2 aromatic heterocycles. The summed E-state index contributed by atoms with van der Waals surface area (Å²) in [5.74, 6) is 0.456. The van der Waals surface area contributed by atoms with E-state index < -0.39 is 0 Å². The molecule has 0 bridgehead atoms. The third kappa shape index (κ3) is 4.02. The molecule has 100 valence electrons. The Morgan fingerprint density at radius 1 is 1.21 bits per heavy atom. The number of hydrogen-bond acceptors (Lipinski definition) is 8. The highest BCUT2D eigenvalue weighted by atomic mass is 32.2. The Bertz CT molecular complexity index is 536. The fourth-order valence-electron chi connectivity index (χ4n) is 1.19. The van der Waals surface area contributed by atoms with Crippen LogP contribution in [0.15, 0.2) is 28.8 Å². The Kier molecular flexibility index (Phi) is 4.45. The second-order valence-electron chi connectivity index (χ2n) is 3.79. The van der Waals surface area contributed by atoms with Crippen LogP contribution in [0.2, 0.25) is 0 Å². The molecule has 0 aliphatic carbocycles. The molecule has 0 aliphatic heterocycles. The molecule has 2 rings (SSSR count). The van der Waals surface area contributed by atoms with Crippen LogP contribution < -0.4 is 10.1 Å². The Morgan fingerprint density at radius 2 is 2.05 bits per heavy atom. The Balaban J connectivity index is 2.24. The lowest BCUT2D eigenvalue weighted by Crippen LogP contribution is -2.11. The van der Waals surface area contributed by atoms with Gasteiger partial charge >= 0.3 is 6.01 Å². The lowest BCUT2D eigenvalue weighted by molar-refractivity contribution is 0.219. The maximum atomic E-state index is 5.48. The molecule has 0 unspecified atom stereocenters. The largest absolute Gasteiger partial charge is 0.461 e. The van der Waals surface area contributed by atoms with E-state index in [0.717, 1.165) is 0 Å². The Hall–Kier alpha value is -1.96. The molecule has 0 aromatic carbocycles. The van der Waals surface area contributed by atoms with Crippen LogP contribution in [0.4, 0.5) is 5.95 Å². The zero-order chi connectivity index (χ0) is 13.7. The summed E-state index contributed by atoms with van der Waals surface area (Å²) in [6.45, 7) is 3.83. The Labute approximate surface area is 115 Å². The van der Waals surface area contributed by atoms with Gasteiger partial charge in [0.15, 0.2) is 0 Å². The molecule has 2 heterocycles. The summed E-state index contributed by atoms with van der Waals surface area (Å²) in [6, 6.07) is 0.292. The second kappa shape index (κ2) is 6.28. The molecule has 0 atom stereocenters. The second-order valence-corrected chi connectivity index (χ2v) is 4.77. The average Bonchev–Trinajstić information content (AvgIpc) is 2.38. The van der Waals surface area contributed by atoms with E-state index in [1.165, 1.54) is 11.8 Å². The SMILES string of the molecule is CNc1nc(OC(C)C)nc(Sc2cnccn2)n1. The number of rotatable bonds is 5. The highest BCUT2D eigenvalue weighted by Gasteiger charge is 2.10. The fourth-order valence-corrected chi connectivity index (χ4v) is 1.86. The first-order chi connectivity index (χ1) is 9.17. The van der Waals surface area contributed by atoms with Crippen molar-refractivity contribution in [3.05, 3.63) is 18.6 Å². The van der Waals surface area contributed by atoms with Crippen molar-refractivity contribution in [3.63, 3.8) is 0 Å². The predicted octanol–water partition coefficient (Wildman–Crippen LogP) is 1.64. The summed E-state index contributed by atoms with van der Waals surface area (Å²) in [7, 11) is 1.74. The number of ether oxygens (including phenoxy) is 1. The first kappa shape index (κ1) is 13.5. The van der Waals surface area contributed by atoms with Crippen molar-refractivity contribution in [2.45, 2.75) is 30.1 Å². The van der Waals surface area contributed by atoms with Crippen LogP contribution in [0.3, 0.4) is 0 Å². The summed E-state index contributed by atoms with van der Waals surface area (Å²) >= 11 is 1.30. The van der Waals surface area contributed by atoms with Crippen LogP contribution in [0, 0.1) is 0 Å². The van der Waals surface area contributed by atoms with Crippen molar-refractivity contribution in [1.29, 1.82) is 0 Å². The molecule has 0 fully saturated rings. The molecule has 0 spiro atoms. The van der Waals surface area contributed by atoms with E-state index in [9.17, 15) is 0 Å². The van der Waals surface area contributed by atoms with Gasteiger partial charge in [-0.3, -0.25) is 4.98 Å². The maximum Gasteiger partial charge on any atom is 0.322 e. The lowest BCUT2D eigenvalue weighted by atomic mass is 10.5. The summed E-state index contributed by atoms with van der Waals surface area (Å²) in [5.41, 5.74) is 0. The molecule has 8 heteroatoms. The van der Waals surface area contributed by atoms with Gasteiger partial charge in [-0.05, 0) is 25.6 Å². The van der Waals surface area contributed by atoms with E-state index in [0.29, 0.717) is 22.1 Å². The monoisotopic (exact) mass is 278 g/mol. The number of nitrogens with one attached hydrogen (secondary N) is 1. The number of hydrogen-bond donors (Lipinski definition) is 1. The normalized spacial score (nSPS) is 10.5. The van der Waals surface area contributed by atoms with Gasteiger partial charge in [-0.15, -0.1) is 0 Å². The van der Waals surface area contributed by atoms with Gasteiger partial charge in [0.25, 0.3) is 0 Å². The van der Waals surface area contributed by atoms with Gasteiger partial charge in [0.1, 0.15) is 5.03 Å². The van der Waals surface area contributed by atoms with Crippen LogP contribution in [0.1, 0.15) is 13.8 Å². The standard InChI is InChI=1S/C11H14N6OS/c1-7(2)18-10-15-9(12-3)16-11(17-10)19-8-6-13-4-5-14-8/h4-7H,1-3H3,(H,12,15,16,17). The zero-order valence-corrected chi connectivity index (χ0v) is 11.7. The van der Waals surface area contributed by atoms with Crippen molar-refractivity contribution in [2.24, 2.45) is 0 Å². The van der Waals surface area contributed by atoms with Crippen molar-refractivity contribution < 1.29 is 4.74 Å². The highest BCUT2D eigenvalue weighted by molar-refractivity contribution is 7.99. The molecule has 0 saturated carbocycles. The molecular formula is C11H14N6OS. The van der Waals surface area contributed by atoms with E-state index in [1.54, 1.807) is 25.6 Å². The van der Waals surface area contributed by atoms with E-state index in [4.69, 9.17) is 4.74 Å². The third-order valence-corrected chi connectivity index (χ3v) is 2.68. The summed E-state index contributed by atoms with van der Waals surface area (Å²) < 4.78 is 5.48. The predicted molar refractivity (Wildman–Crippen MR) is 71.3 cm³/mol. The van der Waals surface area contributed by atoms with E-state index in [2.05, 4.69) is 30.2 Å². The quantitative estimate of drug-likeness (QED) is 0.883. The third-order valence-electron chi connectivity index (χ3n) is 1.89. The van der Waals surface area contributed by atoms with Gasteiger partial charge in [0.05, 0.1) is 12.3 Å². The molecule has 0 amide bonds. The van der Waals surface area contributed by atoms with Crippen LogP contribution in [-0.2, 0) is 0 Å². The van der Waals surface area contributed by atoms with E-state index >= 15 is 0 Å². The average molecular weight is 278 g/mol. The minimum Gasteiger partial charge on any atom is -0.461 e. The van der Waals surface area contributed by atoms with Gasteiger partial charge in [0.2, 0.25) is 11.1 Å². The zero-order valence-electron chi connectivity index (χ0n) is 10.9. The minimum absolute atomic E-state index is 0.00136. The van der Waals surface area contributed by atoms with Crippen molar-refractivity contribution in [1.82, 2.24) is 24.9 Å². The van der Waals surface area contributed by atoms with Crippen molar-refractivity contribution in [3.8, 4) is 6.01 Å². The van der Waals surface area contributed by atoms with Crippen LogP contribution in [-0.4, -0.2) is 38.1 Å². The summed E-state index contributed by atoms with van der Waals surface area (Å²) in [4.78, 5) is 20.7. The number of aromatic nitrogens is 5. The first-order valence-electron chi connectivity index (χ1n) is 5.71. The summed E-state index contributed by atoms with van der Waals surface area (Å²) in [6.07, 6.45) is 4.88. The molecular weight excluding hydrogens is 264 g/mol. The smallest absolute Gasteiger partial charge is 0.322 e. The lowest BCUT2D eigenvalue weighted by Gasteiger charge is -2.09. The Morgan fingerprint density at radius 3 is 2.68 bits per heavy atom. The topological polar surface area (TPSA) is 85.7 Å².